The van der Waals surface area contributed by atoms with Crippen LogP contribution < -0.4 is 0 Å². The Morgan fingerprint density at radius 3 is 2.52 bits per heavy atom. The minimum Gasteiger partial charge on any atom is -0.454 e. The highest BCUT2D eigenvalue weighted by atomic mass is 16.6. The molecule has 0 saturated heterocycles. The largest absolute Gasteiger partial charge is 0.454 e. The summed E-state index contributed by atoms with van der Waals surface area (Å²) in [7, 11) is 0. The number of hydrogen-bond acceptors (Lipinski definition) is 6. The van der Waals surface area contributed by atoms with E-state index in [9.17, 15) is 14.9 Å². The van der Waals surface area contributed by atoms with Crippen molar-refractivity contribution in [3.05, 3.63) is 62.6 Å². The van der Waals surface area contributed by atoms with E-state index in [0.717, 1.165) is 11.4 Å². The SMILES string of the molecule is Cc1cc(C)n(C(=O)c2ccc(Cn3nc(C)c([N+](=O)[O-])c3C)o2)n1. The molecule has 3 aromatic heterocycles. The predicted octanol–water partition coefficient (Wildman–Crippen LogP) is 2.55. The van der Waals surface area contributed by atoms with E-state index < -0.39 is 4.92 Å². The van der Waals surface area contributed by atoms with E-state index in [1.807, 2.05) is 0 Å². The number of nitrogens with zero attached hydrogens (tertiary/aromatic N) is 5. The topological polar surface area (TPSA) is 109 Å². The summed E-state index contributed by atoms with van der Waals surface area (Å²) in [6.45, 7) is 7.01. The molecule has 3 aromatic rings. The highest BCUT2D eigenvalue weighted by Crippen LogP contribution is 2.23. The Bertz CT molecular complexity index is 979. The van der Waals surface area contributed by atoms with Gasteiger partial charge in [-0.1, -0.05) is 0 Å². The van der Waals surface area contributed by atoms with Crippen LogP contribution in [0.15, 0.2) is 22.6 Å². The first-order valence-electron chi connectivity index (χ1n) is 7.63. The third-order valence-electron chi connectivity index (χ3n) is 3.91. The number of carbonyl (C=O) groups excluding carboxylic acids is 1. The van der Waals surface area contributed by atoms with E-state index in [0.29, 0.717) is 17.1 Å². The van der Waals surface area contributed by atoms with Gasteiger partial charge >= 0.3 is 11.6 Å². The fraction of sp³-hybridized carbons (Fsp3) is 0.312. The molecule has 0 amide bonds. The van der Waals surface area contributed by atoms with Gasteiger partial charge in [0.2, 0.25) is 0 Å². The standard InChI is InChI=1S/C16H17N5O4/c1-9-7-10(2)20(17-9)16(22)14-6-5-13(25-14)8-19-12(4)15(21(23)24)11(3)18-19/h5-7H,8H2,1-4H3. The van der Waals surface area contributed by atoms with Gasteiger partial charge in [0.25, 0.3) is 0 Å². The fourth-order valence-corrected chi connectivity index (χ4v) is 2.77. The molecule has 0 bridgehead atoms. The second-order valence-corrected chi connectivity index (χ2v) is 5.84. The van der Waals surface area contributed by atoms with Crippen molar-refractivity contribution in [2.45, 2.75) is 34.2 Å². The second kappa shape index (κ2) is 6.00. The fourth-order valence-electron chi connectivity index (χ4n) is 2.77. The highest BCUT2D eigenvalue weighted by Gasteiger charge is 2.23. The number of nitro groups is 1. The van der Waals surface area contributed by atoms with Gasteiger partial charge in [-0.05, 0) is 45.9 Å². The third-order valence-corrected chi connectivity index (χ3v) is 3.91. The molecular weight excluding hydrogens is 326 g/mol. The summed E-state index contributed by atoms with van der Waals surface area (Å²) in [5, 5.41) is 19.4. The van der Waals surface area contributed by atoms with E-state index in [-0.39, 0.29) is 23.9 Å². The molecule has 0 radical (unpaired) electrons. The Morgan fingerprint density at radius 2 is 1.96 bits per heavy atom. The number of furan rings is 1. The van der Waals surface area contributed by atoms with E-state index in [1.165, 1.54) is 9.36 Å². The molecule has 0 N–H and O–H groups in total. The van der Waals surface area contributed by atoms with Gasteiger partial charge < -0.3 is 4.42 Å². The monoisotopic (exact) mass is 343 g/mol. The molecule has 0 unspecified atom stereocenters. The van der Waals surface area contributed by atoms with Gasteiger partial charge in [0, 0.05) is 5.69 Å². The van der Waals surface area contributed by atoms with Crippen LogP contribution in [0, 0.1) is 37.8 Å². The number of aromatic nitrogens is 4. The van der Waals surface area contributed by atoms with Gasteiger partial charge in [0.05, 0.1) is 17.2 Å². The zero-order chi connectivity index (χ0) is 18.3. The molecule has 0 aliphatic heterocycles. The molecule has 0 saturated carbocycles. The first-order chi connectivity index (χ1) is 11.8. The minimum atomic E-state index is -0.450. The van der Waals surface area contributed by atoms with Crippen LogP contribution in [0.5, 0.6) is 0 Å². The Labute approximate surface area is 143 Å². The van der Waals surface area contributed by atoms with E-state index in [4.69, 9.17) is 4.42 Å². The van der Waals surface area contributed by atoms with Crippen molar-refractivity contribution in [2.24, 2.45) is 0 Å². The summed E-state index contributed by atoms with van der Waals surface area (Å²) in [5.41, 5.74) is 2.23. The average Bonchev–Trinajstić information content (AvgIpc) is 3.18. The molecule has 9 heteroatoms. The van der Waals surface area contributed by atoms with Gasteiger partial charge in [0.15, 0.2) is 5.76 Å². The lowest BCUT2D eigenvalue weighted by Crippen LogP contribution is -2.14. The van der Waals surface area contributed by atoms with Crippen LogP contribution in [0.4, 0.5) is 5.69 Å². The lowest BCUT2D eigenvalue weighted by molar-refractivity contribution is -0.386. The summed E-state index contributed by atoms with van der Waals surface area (Å²) in [6, 6.07) is 5.02. The maximum Gasteiger partial charge on any atom is 0.314 e. The average molecular weight is 343 g/mol. The summed E-state index contributed by atoms with van der Waals surface area (Å²) < 4.78 is 8.37. The van der Waals surface area contributed by atoms with Crippen molar-refractivity contribution in [1.29, 1.82) is 0 Å². The molecule has 3 heterocycles. The Balaban J connectivity index is 1.85. The molecule has 0 aliphatic rings. The van der Waals surface area contributed by atoms with Gasteiger partial charge in [-0.25, -0.2) is 0 Å². The second-order valence-electron chi connectivity index (χ2n) is 5.84. The Hall–Kier alpha value is -3.23. The molecule has 0 aromatic carbocycles. The van der Waals surface area contributed by atoms with Crippen molar-refractivity contribution in [3.63, 3.8) is 0 Å². The molecule has 130 valence electrons. The van der Waals surface area contributed by atoms with E-state index in [2.05, 4.69) is 10.2 Å². The Kier molecular flexibility index (Phi) is 3.99. The molecule has 0 atom stereocenters. The summed E-state index contributed by atoms with van der Waals surface area (Å²) in [6.07, 6.45) is 0. The maximum absolute atomic E-state index is 12.5. The quantitative estimate of drug-likeness (QED) is 0.532. The number of carbonyl (C=O) groups is 1. The van der Waals surface area contributed by atoms with Gasteiger partial charge in [-0.3, -0.25) is 19.6 Å². The van der Waals surface area contributed by atoms with Crippen LogP contribution in [0.2, 0.25) is 0 Å². The zero-order valence-electron chi connectivity index (χ0n) is 14.3. The minimum absolute atomic E-state index is 0.00880. The van der Waals surface area contributed by atoms with Crippen LogP contribution >= 0.6 is 0 Å². The van der Waals surface area contributed by atoms with Crippen LogP contribution in [-0.2, 0) is 6.54 Å². The van der Waals surface area contributed by atoms with E-state index >= 15 is 0 Å². The molecule has 25 heavy (non-hydrogen) atoms. The molecule has 0 spiro atoms. The van der Waals surface area contributed by atoms with Crippen molar-refractivity contribution >= 4 is 11.6 Å². The highest BCUT2D eigenvalue weighted by molar-refractivity contribution is 5.93. The summed E-state index contributed by atoms with van der Waals surface area (Å²) >= 11 is 0. The van der Waals surface area contributed by atoms with Crippen molar-refractivity contribution in [3.8, 4) is 0 Å². The van der Waals surface area contributed by atoms with Gasteiger partial charge in [-0.15, -0.1) is 0 Å². The number of aryl methyl sites for hydroxylation is 3. The van der Waals surface area contributed by atoms with Gasteiger partial charge in [0.1, 0.15) is 17.1 Å². The van der Waals surface area contributed by atoms with Crippen LogP contribution in [0.1, 0.15) is 39.1 Å². The molecule has 9 nitrogen and oxygen atoms in total. The summed E-state index contributed by atoms with van der Waals surface area (Å²) in [5.74, 6) is 0.263. The number of rotatable bonds is 4. The maximum atomic E-state index is 12.5. The number of hydrogen-bond donors (Lipinski definition) is 0. The predicted molar refractivity (Wildman–Crippen MR) is 87.6 cm³/mol. The van der Waals surface area contributed by atoms with Crippen LogP contribution in [0.3, 0.4) is 0 Å². The van der Waals surface area contributed by atoms with Crippen LogP contribution in [0.25, 0.3) is 0 Å². The molecule has 0 aliphatic carbocycles. The molecule has 0 fully saturated rings. The van der Waals surface area contributed by atoms with Crippen molar-refractivity contribution in [2.75, 3.05) is 0 Å². The summed E-state index contributed by atoms with van der Waals surface area (Å²) in [4.78, 5) is 23.1. The smallest absolute Gasteiger partial charge is 0.314 e. The normalized spacial score (nSPS) is 11.0. The molecule has 3 rings (SSSR count). The van der Waals surface area contributed by atoms with Crippen LogP contribution in [-0.4, -0.2) is 30.4 Å². The third kappa shape index (κ3) is 2.95. The van der Waals surface area contributed by atoms with Crippen molar-refractivity contribution in [1.82, 2.24) is 19.6 Å². The van der Waals surface area contributed by atoms with Crippen molar-refractivity contribution < 1.29 is 14.1 Å². The Morgan fingerprint density at radius 1 is 1.24 bits per heavy atom. The first-order valence-corrected chi connectivity index (χ1v) is 7.63. The van der Waals surface area contributed by atoms with E-state index in [1.54, 1.807) is 45.9 Å². The first kappa shape index (κ1) is 16.6. The zero-order valence-corrected chi connectivity index (χ0v) is 14.3. The molecular formula is C16H17N5O4. The lowest BCUT2D eigenvalue weighted by Gasteiger charge is -2.02. The van der Waals surface area contributed by atoms with Gasteiger partial charge in [-0.2, -0.15) is 14.9 Å². The lowest BCUT2D eigenvalue weighted by atomic mass is 10.3.